The van der Waals surface area contributed by atoms with Crippen molar-refractivity contribution >= 4 is 87.6 Å². The van der Waals surface area contributed by atoms with E-state index >= 15 is 0 Å². The van der Waals surface area contributed by atoms with E-state index in [1.807, 2.05) is 11.3 Å². The van der Waals surface area contributed by atoms with Crippen LogP contribution in [-0.4, -0.2) is 0 Å². The number of benzene rings is 11. The molecule has 2 aliphatic rings. The van der Waals surface area contributed by atoms with Gasteiger partial charge in [0.1, 0.15) is 11.2 Å². The molecule has 74 heavy (non-hydrogen) atoms. The number of anilines is 6. The molecule has 13 aromatic rings. The van der Waals surface area contributed by atoms with Gasteiger partial charge < -0.3 is 14.2 Å². The summed E-state index contributed by atoms with van der Waals surface area (Å²) in [6, 6.07) is 94.2. The fraction of sp³-hybridized carbons (Fsp3) is 0.0571. The third-order valence-electron chi connectivity index (χ3n) is 16.1. The molecular formula is C70H48N2OS. The summed E-state index contributed by atoms with van der Waals surface area (Å²) < 4.78 is 9.28. The van der Waals surface area contributed by atoms with Crippen LogP contribution in [0.1, 0.15) is 47.2 Å². The average molecular weight is 965 g/mol. The number of hydrogen-bond donors (Lipinski definition) is 0. The van der Waals surface area contributed by atoms with Gasteiger partial charge in [-0.1, -0.05) is 202 Å². The van der Waals surface area contributed by atoms with E-state index in [1.54, 1.807) is 0 Å². The van der Waals surface area contributed by atoms with E-state index in [2.05, 4.69) is 278 Å². The van der Waals surface area contributed by atoms with Gasteiger partial charge in [0.05, 0.1) is 33.6 Å². The van der Waals surface area contributed by atoms with Crippen LogP contribution < -0.4 is 9.80 Å². The van der Waals surface area contributed by atoms with E-state index in [-0.39, 0.29) is 5.41 Å². The maximum atomic E-state index is 6.74. The number of fused-ring (bicyclic) bond motifs is 12. The van der Waals surface area contributed by atoms with Gasteiger partial charge in [0.15, 0.2) is 0 Å². The van der Waals surface area contributed by atoms with Crippen LogP contribution in [0.3, 0.4) is 0 Å². The van der Waals surface area contributed by atoms with Crippen LogP contribution in [0.5, 0.6) is 0 Å². The van der Waals surface area contributed by atoms with E-state index in [1.165, 1.54) is 81.5 Å². The minimum Gasteiger partial charge on any atom is -0.456 e. The van der Waals surface area contributed by atoms with Gasteiger partial charge in [0, 0.05) is 47.9 Å². The molecule has 0 saturated heterocycles. The Kier molecular flexibility index (Phi) is 9.39. The number of hydrogen-bond acceptors (Lipinski definition) is 4. The van der Waals surface area contributed by atoms with E-state index in [9.17, 15) is 0 Å². The number of thiophene rings is 1. The van der Waals surface area contributed by atoms with Gasteiger partial charge >= 0.3 is 0 Å². The first-order valence-electron chi connectivity index (χ1n) is 25.6. The topological polar surface area (TPSA) is 19.6 Å². The van der Waals surface area contributed by atoms with Gasteiger partial charge in [-0.15, -0.1) is 11.3 Å². The standard InChI is InChI=1S/C70H48N2OS/c1-69(2)55-34-13-9-28-49(55)51-32-18-38-59(67(51)69)72(58-37-21-43-64-66(58)54-31-12-16-42-63(54)74-64)48-27-17-26-47(44-48)71(57-36-20-41-62-65(57)53-30-11-15-40-61(53)73-62)60-39-19-33-52-50-29-10-14-35-56(50)70(68(52)60,45-22-5-3-6-23-45)46-24-7-4-8-25-46/h3-44H,1-2H3. The van der Waals surface area contributed by atoms with E-state index in [0.29, 0.717) is 0 Å². The summed E-state index contributed by atoms with van der Waals surface area (Å²) in [6.07, 6.45) is 0. The molecule has 4 heteroatoms. The molecule has 350 valence electrons. The summed E-state index contributed by atoms with van der Waals surface area (Å²) in [4.78, 5) is 5.10. The Bertz CT molecular complexity index is 4330. The van der Waals surface area contributed by atoms with E-state index in [4.69, 9.17) is 4.42 Å². The van der Waals surface area contributed by atoms with Crippen LogP contribution >= 0.6 is 11.3 Å². The maximum Gasteiger partial charge on any atom is 0.137 e. The van der Waals surface area contributed by atoms with Crippen molar-refractivity contribution in [2.24, 2.45) is 0 Å². The largest absolute Gasteiger partial charge is 0.456 e. The summed E-state index contributed by atoms with van der Waals surface area (Å²) in [5, 5.41) is 4.66. The van der Waals surface area contributed by atoms with Crippen molar-refractivity contribution < 1.29 is 4.42 Å². The molecule has 0 radical (unpaired) electrons. The molecule has 3 nitrogen and oxygen atoms in total. The van der Waals surface area contributed by atoms with Crippen LogP contribution in [0, 0.1) is 0 Å². The lowest BCUT2D eigenvalue weighted by atomic mass is 9.67. The lowest BCUT2D eigenvalue weighted by Gasteiger charge is -2.38. The molecule has 2 aromatic heterocycles. The monoisotopic (exact) mass is 964 g/mol. The molecule has 0 aliphatic heterocycles. The molecule has 0 unspecified atom stereocenters. The third-order valence-corrected chi connectivity index (χ3v) is 17.2. The van der Waals surface area contributed by atoms with Crippen molar-refractivity contribution in [2.45, 2.75) is 24.7 Å². The van der Waals surface area contributed by atoms with Gasteiger partial charge in [-0.05, 0) is 117 Å². The minimum atomic E-state index is -0.667. The molecular weight excluding hydrogens is 917 g/mol. The van der Waals surface area contributed by atoms with Crippen molar-refractivity contribution in [3.63, 3.8) is 0 Å². The zero-order valence-electron chi connectivity index (χ0n) is 41.0. The minimum absolute atomic E-state index is 0.273. The molecule has 2 aliphatic carbocycles. The van der Waals surface area contributed by atoms with E-state index < -0.39 is 5.41 Å². The highest BCUT2D eigenvalue weighted by molar-refractivity contribution is 7.26. The van der Waals surface area contributed by atoms with Crippen molar-refractivity contribution in [3.05, 3.63) is 288 Å². The molecule has 0 atom stereocenters. The predicted octanol–water partition coefficient (Wildman–Crippen LogP) is 19.6. The number of para-hydroxylation sites is 1. The third kappa shape index (κ3) is 6.00. The number of nitrogens with zero attached hydrogens (tertiary/aromatic N) is 2. The summed E-state index contributed by atoms with van der Waals surface area (Å²) in [6.45, 7) is 4.79. The first-order chi connectivity index (χ1) is 36.5. The molecule has 0 spiro atoms. The quantitative estimate of drug-likeness (QED) is 0.151. The first kappa shape index (κ1) is 42.7. The van der Waals surface area contributed by atoms with Crippen LogP contribution in [0.15, 0.2) is 259 Å². The fourth-order valence-electron chi connectivity index (χ4n) is 13.1. The normalized spacial score (nSPS) is 13.8. The highest BCUT2D eigenvalue weighted by atomic mass is 32.1. The zero-order valence-corrected chi connectivity index (χ0v) is 41.8. The lowest BCUT2D eigenvalue weighted by molar-refractivity contribution is 0.661. The van der Waals surface area contributed by atoms with Crippen molar-refractivity contribution in [3.8, 4) is 22.3 Å². The van der Waals surface area contributed by atoms with Crippen molar-refractivity contribution in [2.75, 3.05) is 9.80 Å². The Hall–Kier alpha value is -8.96. The van der Waals surface area contributed by atoms with Crippen LogP contribution in [0.25, 0.3) is 64.4 Å². The molecule has 0 amide bonds. The summed E-state index contributed by atoms with van der Waals surface area (Å²) in [5.74, 6) is 0. The second-order valence-electron chi connectivity index (χ2n) is 20.3. The van der Waals surface area contributed by atoms with Gasteiger partial charge in [-0.2, -0.15) is 0 Å². The van der Waals surface area contributed by atoms with Gasteiger partial charge in [0.25, 0.3) is 0 Å². The molecule has 0 fully saturated rings. The van der Waals surface area contributed by atoms with Crippen molar-refractivity contribution in [1.82, 2.24) is 0 Å². The smallest absolute Gasteiger partial charge is 0.137 e. The molecule has 0 saturated carbocycles. The Morgan fingerprint density at radius 2 is 0.824 bits per heavy atom. The van der Waals surface area contributed by atoms with Crippen LogP contribution in [0.4, 0.5) is 34.1 Å². The van der Waals surface area contributed by atoms with Gasteiger partial charge in [0.2, 0.25) is 0 Å². The summed E-state index contributed by atoms with van der Waals surface area (Å²) in [7, 11) is 0. The fourth-order valence-corrected chi connectivity index (χ4v) is 14.3. The molecule has 0 N–H and O–H groups in total. The average Bonchev–Trinajstić information content (AvgIpc) is 4.19. The second-order valence-corrected chi connectivity index (χ2v) is 21.4. The Morgan fingerprint density at radius 3 is 1.54 bits per heavy atom. The zero-order chi connectivity index (χ0) is 49.1. The Balaban J connectivity index is 1.05. The van der Waals surface area contributed by atoms with Crippen LogP contribution in [0.2, 0.25) is 0 Å². The Morgan fingerprint density at radius 1 is 0.351 bits per heavy atom. The molecule has 0 bridgehead atoms. The predicted molar refractivity (Wildman–Crippen MR) is 311 cm³/mol. The molecule has 11 aromatic carbocycles. The van der Waals surface area contributed by atoms with E-state index in [0.717, 1.165) is 50.4 Å². The number of rotatable bonds is 8. The maximum absolute atomic E-state index is 6.74. The SMILES string of the molecule is CC1(C)c2ccccc2-c2cccc(N(c3cccc(N(c4cccc5c4C(c4ccccc4)(c4ccccc4)c4ccccc4-5)c4cccc5oc6ccccc6c45)c3)c3cccc4sc5ccccc5c34)c21. The summed E-state index contributed by atoms with van der Waals surface area (Å²) in [5.41, 5.74) is 20.0. The van der Waals surface area contributed by atoms with Gasteiger partial charge in [-0.3, -0.25) is 0 Å². The Labute approximate surface area is 434 Å². The summed E-state index contributed by atoms with van der Waals surface area (Å²) >= 11 is 1.86. The molecule has 2 heterocycles. The lowest BCUT2D eigenvalue weighted by Crippen LogP contribution is -2.30. The van der Waals surface area contributed by atoms with Crippen molar-refractivity contribution in [1.29, 1.82) is 0 Å². The van der Waals surface area contributed by atoms with Crippen LogP contribution in [-0.2, 0) is 10.8 Å². The number of furan rings is 1. The highest BCUT2D eigenvalue weighted by Crippen LogP contribution is 2.61. The van der Waals surface area contributed by atoms with Gasteiger partial charge in [-0.25, -0.2) is 0 Å². The second kappa shape index (κ2) is 16.3. The molecule has 15 rings (SSSR count). The first-order valence-corrected chi connectivity index (χ1v) is 26.4. The highest BCUT2D eigenvalue weighted by Gasteiger charge is 2.48.